The molecule has 1 unspecified atom stereocenters. The van der Waals surface area contributed by atoms with Crippen LogP contribution in [0.25, 0.3) is 0 Å². The van der Waals surface area contributed by atoms with E-state index in [2.05, 4.69) is 10.4 Å². The van der Waals surface area contributed by atoms with E-state index in [1.54, 1.807) is 17.8 Å². The molecule has 0 bridgehead atoms. The van der Waals surface area contributed by atoms with Crippen LogP contribution in [0.5, 0.6) is 0 Å². The summed E-state index contributed by atoms with van der Waals surface area (Å²) in [6, 6.07) is 1.86. The molecule has 1 atom stereocenters. The van der Waals surface area contributed by atoms with Gasteiger partial charge in [-0.15, -0.1) is 0 Å². The zero-order valence-corrected chi connectivity index (χ0v) is 9.32. The molecule has 84 valence electrons. The SMILES string of the molecule is CCNC(C)(Cn1nccc1C)C(=O)O. The van der Waals surface area contributed by atoms with Gasteiger partial charge in [0.05, 0.1) is 6.54 Å². The van der Waals surface area contributed by atoms with Gasteiger partial charge >= 0.3 is 5.97 Å². The van der Waals surface area contributed by atoms with Crippen molar-refractivity contribution in [2.45, 2.75) is 32.9 Å². The molecule has 15 heavy (non-hydrogen) atoms. The largest absolute Gasteiger partial charge is 0.480 e. The molecule has 5 heteroatoms. The molecule has 0 fully saturated rings. The second-order valence-corrected chi connectivity index (χ2v) is 3.80. The van der Waals surface area contributed by atoms with Gasteiger partial charge in [0.1, 0.15) is 5.54 Å². The number of aryl methyl sites for hydroxylation is 1. The number of rotatable bonds is 5. The van der Waals surface area contributed by atoms with Crippen molar-refractivity contribution in [3.63, 3.8) is 0 Å². The van der Waals surface area contributed by atoms with Crippen LogP contribution in [0.2, 0.25) is 0 Å². The lowest BCUT2D eigenvalue weighted by atomic mass is 10.0. The van der Waals surface area contributed by atoms with Crippen molar-refractivity contribution >= 4 is 5.97 Å². The summed E-state index contributed by atoms with van der Waals surface area (Å²) in [4.78, 5) is 11.1. The first-order valence-corrected chi connectivity index (χ1v) is 4.96. The molecule has 0 aliphatic rings. The van der Waals surface area contributed by atoms with Crippen molar-refractivity contribution in [3.8, 4) is 0 Å². The van der Waals surface area contributed by atoms with E-state index < -0.39 is 11.5 Å². The van der Waals surface area contributed by atoms with Gasteiger partial charge in [-0.2, -0.15) is 5.10 Å². The van der Waals surface area contributed by atoms with E-state index in [0.29, 0.717) is 13.1 Å². The Labute approximate surface area is 89.1 Å². The quantitative estimate of drug-likeness (QED) is 0.750. The van der Waals surface area contributed by atoms with Gasteiger partial charge in [-0.1, -0.05) is 6.92 Å². The molecule has 1 rings (SSSR count). The Kier molecular flexibility index (Phi) is 3.47. The number of carbonyl (C=O) groups is 1. The van der Waals surface area contributed by atoms with Crippen LogP contribution in [0.15, 0.2) is 12.3 Å². The first kappa shape index (κ1) is 11.7. The molecule has 0 saturated carbocycles. The normalized spacial score (nSPS) is 14.9. The number of nitrogens with zero attached hydrogens (tertiary/aromatic N) is 2. The molecule has 0 amide bonds. The summed E-state index contributed by atoms with van der Waals surface area (Å²) in [6.45, 7) is 6.40. The summed E-state index contributed by atoms with van der Waals surface area (Å²) in [5.41, 5.74) is -0.00805. The van der Waals surface area contributed by atoms with Gasteiger partial charge in [0.2, 0.25) is 0 Å². The molecular weight excluding hydrogens is 194 g/mol. The van der Waals surface area contributed by atoms with Crippen LogP contribution in [-0.4, -0.2) is 32.9 Å². The Balaban J connectivity index is 2.84. The van der Waals surface area contributed by atoms with Crippen LogP contribution in [-0.2, 0) is 11.3 Å². The minimum Gasteiger partial charge on any atom is -0.480 e. The Morgan fingerprint density at radius 1 is 1.73 bits per heavy atom. The van der Waals surface area contributed by atoms with Crippen molar-refractivity contribution in [2.75, 3.05) is 6.54 Å². The van der Waals surface area contributed by atoms with Crippen LogP contribution in [0.1, 0.15) is 19.5 Å². The van der Waals surface area contributed by atoms with Crippen molar-refractivity contribution in [1.29, 1.82) is 0 Å². The molecule has 0 radical (unpaired) electrons. The maximum atomic E-state index is 11.1. The van der Waals surface area contributed by atoms with Crippen LogP contribution < -0.4 is 5.32 Å². The number of hydrogen-bond acceptors (Lipinski definition) is 3. The van der Waals surface area contributed by atoms with E-state index in [9.17, 15) is 4.79 Å². The van der Waals surface area contributed by atoms with Crippen LogP contribution in [0.3, 0.4) is 0 Å². The maximum absolute atomic E-state index is 11.1. The highest BCUT2D eigenvalue weighted by Crippen LogP contribution is 2.09. The monoisotopic (exact) mass is 211 g/mol. The topological polar surface area (TPSA) is 67.2 Å². The van der Waals surface area contributed by atoms with Crippen molar-refractivity contribution in [3.05, 3.63) is 18.0 Å². The molecule has 0 aliphatic heterocycles. The third-order valence-corrected chi connectivity index (χ3v) is 2.43. The molecule has 0 aliphatic carbocycles. The lowest BCUT2D eigenvalue weighted by Crippen LogP contribution is -2.52. The zero-order chi connectivity index (χ0) is 11.5. The highest BCUT2D eigenvalue weighted by Gasteiger charge is 2.33. The number of nitrogens with one attached hydrogen (secondary N) is 1. The maximum Gasteiger partial charge on any atom is 0.325 e. The fourth-order valence-corrected chi connectivity index (χ4v) is 1.45. The lowest BCUT2D eigenvalue weighted by molar-refractivity contribution is -0.144. The Hall–Kier alpha value is -1.36. The second kappa shape index (κ2) is 4.44. The van der Waals surface area contributed by atoms with Gasteiger partial charge in [0.15, 0.2) is 0 Å². The zero-order valence-electron chi connectivity index (χ0n) is 9.32. The van der Waals surface area contributed by atoms with E-state index in [1.165, 1.54) is 0 Å². The van der Waals surface area contributed by atoms with E-state index in [1.807, 2.05) is 19.9 Å². The summed E-state index contributed by atoms with van der Waals surface area (Å²) >= 11 is 0. The van der Waals surface area contributed by atoms with Crippen LogP contribution in [0.4, 0.5) is 0 Å². The number of hydrogen-bond donors (Lipinski definition) is 2. The Morgan fingerprint density at radius 2 is 2.40 bits per heavy atom. The van der Waals surface area contributed by atoms with Crippen LogP contribution in [0, 0.1) is 6.92 Å². The van der Waals surface area contributed by atoms with E-state index in [4.69, 9.17) is 5.11 Å². The third-order valence-electron chi connectivity index (χ3n) is 2.43. The minimum atomic E-state index is -0.967. The Morgan fingerprint density at radius 3 is 2.80 bits per heavy atom. The number of carboxylic acids is 1. The first-order valence-electron chi connectivity index (χ1n) is 4.96. The smallest absolute Gasteiger partial charge is 0.325 e. The third kappa shape index (κ3) is 2.56. The fraction of sp³-hybridized carbons (Fsp3) is 0.600. The highest BCUT2D eigenvalue weighted by atomic mass is 16.4. The van der Waals surface area contributed by atoms with E-state index in [0.717, 1.165) is 5.69 Å². The Bertz CT molecular complexity index is 348. The first-order chi connectivity index (χ1) is 6.99. The van der Waals surface area contributed by atoms with Crippen molar-refractivity contribution < 1.29 is 9.90 Å². The molecule has 1 aromatic rings. The standard InChI is InChI=1S/C10H17N3O2/c1-4-11-10(3,9(14)15)7-13-8(2)5-6-12-13/h5-6,11H,4,7H2,1-3H3,(H,14,15). The average Bonchev–Trinajstić information content (AvgIpc) is 2.52. The predicted octanol–water partition coefficient (Wildman–Crippen LogP) is 0.644. The lowest BCUT2D eigenvalue weighted by Gasteiger charge is -2.26. The summed E-state index contributed by atoms with van der Waals surface area (Å²) in [7, 11) is 0. The van der Waals surface area contributed by atoms with Gasteiger partial charge in [-0.3, -0.25) is 9.48 Å². The predicted molar refractivity (Wildman–Crippen MR) is 56.7 cm³/mol. The van der Waals surface area contributed by atoms with Crippen molar-refractivity contribution in [1.82, 2.24) is 15.1 Å². The molecule has 0 aromatic carbocycles. The fourth-order valence-electron chi connectivity index (χ4n) is 1.45. The average molecular weight is 211 g/mol. The van der Waals surface area contributed by atoms with Gasteiger partial charge < -0.3 is 10.4 Å². The second-order valence-electron chi connectivity index (χ2n) is 3.80. The number of aromatic nitrogens is 2. The molecule has 5 nitrogen and oxygen atoms in total. The summed E-state index contributed by atoms with van der Waals surface area (Å²) in [6.07, 6.45) is 1.67. The highest BCUT2D eigenvalue weighted by molar-refractivity contribution is 5.78. The molecule has 1 aromatic heterocycles. The minimum absolute atomic E-state index is 0.328. The van der Waals surface area contributed by atoms with Gasteiger partial charge in [-0.25, -0.2) is 0 Å². The van der Waals surface area contributed by atoms with E-state index >= 15 is 0 Å². The number of likely N-dealkylation sites (N-methyl/N-ethyl adjacent to an activating group) is 1. The molecular formula is C10H17N3O2. The van der Waals surface area contributed by atoms with Crippen LogP contribution >= 0.6 is 0 Å². The summed E-state index contributed by atoms with van der Waals surface area (Å²) in [5, 5.41) is 16.2. The molecule has 2 N–H and O–H groups in total. The van der Waals surface area contributed by atoms with Gasteiger partial charge in [0.25, 0.3) is 0 Å². The molecule has 0 spiro atoms. The van der Waals surface area contributed by atoms with E-state index in [-0.39, 0.29) is 0 Å². The van der Waals surface area contributed by atoms with Gasteiger partial charge in [0, 0.05) is 11.9 Å². The molecule has 0 saturated heterocycles. The summed E-state index contributed by atoms with van der Waals surface area (Å²) < 4.78 is 1.69. The van der Waals surface area contributed by atoms with Gasteiger partial charge in [-0.05, 0) is 26.5 Å². The number of aliphatic carboxylic acids is 1. The number of carboxylic acid groups (broad SMARTS) is 1. The summed E-state index contributed by atoms with van der Waals surface area (Å²) in [5.74, 6) is -0.862. The molecule has 1 heterocycles. The van der Waals surface area contributed by atoms with Crippen molar-refractivity contribution in [2.24, 2.45) is 0 Å².